The van der Waals surface area contributed by atoms with Gasteiger partial charge in [0.2, 0.25) is 11.8 Å². The molecule has 0 bridgehead atoms. The Morgan fingerprint density at radius 3 is 2.44 bits per heavy atom. The number of nitrogens with zero attached hydrogens (tertiary/aromatic N) is 1. The normalized spacial score (nSPS) is 13.7. The molecule has 3 rings (SSSR count). The average Bonchev–Trinajstić information content (AvgIpc) is 2.67. The fourth-order valence-electron chi connectivity index (χ4n) is 2.96. The van der Waals surface area contributed by atoms with Crippen LogP contribution in [0, 0.1) is 0 Å². The van der Waals surface area contributed by atoms with Crippen LogP contribution in [-0.2, 0) is 14.3 Å². The molecule has 1 saturated heterocycles. The molecule has 27 heavy (non-hydrogen) atoms. The number of amides is 2. The zero-order chi connectivity index (χ0) is 19.1. The van der Waals surface area contributed by atoms with Crippen molar-refractivity contribution in [3.8, 4) is 0 Å². The maximum absolute atomic E-state index is 12.3. The number of carbonyl (C=O) groups excluding carboxylic acids is 2. The highest BCUT2D eigenvalue weighted by molar-refractivity contribution is 5.95. The summed E-state index contributed by atoms with van der Waals surface area (Å²) < 4.78 is 5.41. The van der Waals surface area contributed by atoms with Crippen LogP contribution < -0.4 is 20.9 Å². The van der Waals surface area contributed by atoms with Gasteiger partial charge >= 0.3 is 0 Å². The molecule has 0 radical (unpaired) electrons. The summed E-state index contributed by atoms with van der Waals surface area (Å²) in [5, 5.41) is 8.75. The standard InChI is InChI=1S/C20H24N4O3/c1-15(25)22-16-5-4-6-17(13-16)23-20(26)14-21-18-7-2-3-8-19(18)24-9-11-27-12-10-24/h2-8,13,21H,9-12,14H2,1H3,(H,22,25)(H,23,26). The molecule has 0 atom stereocenters. The minimum absolute atomic E-state index is 0.145. The first-order chi connectivity index (χ1) is 13.1. The van der Waals surface area contributed by atoms with Crippen LogP contribution in [0.1, 0.15) is 6.92 Å². The number of hydrogen-bond acceptors (Lipinski definition) is 5. The third-order valence-corrected chi connectivity index (χ3v) is 4.16. The zero-order valence-corrected chi connectivity index (χ0v) is 15.3. The van der Waals surface area contributed by atoms with Gasteiger partial charge in [-0.1, -0.05) is 18.2 Å². The molecule has 2 amide bonds. The van der Waals surface area contributed by atoms with E-state index in [1.807, 2.05) is 24.3 Å². The molecule has 7 nitrogen and oxygen atoms in total. The molecule has 3 N–H and O–H groups in total. The SMILES string of the molecule is CC(=O)Nc1cccc(NC(=O)CNc2ccccc2N2CCOCC2)c1. The summed E-state index contributed by atoms with van der Waals surface area (Å²) in [5.74, 6) is -0.313. The number of nitrogens with one attached hydrogen (secondary N) is 3. The molecule has 0 aromatic heterocycles. The van der Waals surface area contributed by atoms with Crippen molar-refractivity contribution in [3.05, 3.63) is 48.5 Å². The Labute approximate surface area is 158 Å². The Morgan fingerprint density at radius 1 is 1.00 bits per heavy atom. The number of carbonyl (C=O) groups is 2. The molecule has 0 unspecified atom stereocenters. The summed E-state index contributed by atoms with van der Waals surface area (Å²) in [7, 11) is 0. The van der Waals surface area contributed by atoms with Crippen LogP contribution in [0.2, 0.25) is 0 Å². The van der Waals surface area contributed by atoms with Crippen LogP contribution in [0.3, 0.4) is 0 Å². The van der Waals surface area contributed by atoms with Gasteiger partial charge in [0, 0.05) is 31.4 Å². The summed E-state index contributed by atoms with van der Waals surface area (Å²) in [6.07, 6.45) is 0. The van der Waals surface area contributed by atoms with Crippen molar-refractivity contribution < 1.29 is 14.3 Å². The minimum atomic E-state index is -0.160. The van der Waals surface area contributed by atoms with E-state index in [1.165, 1.54) is 6.92 Å². The van der Waals surface area contributed by atoms with E-state index in [9.17, 15) is 9.59 Å². The molecule has 142 valence electrons. The molecular weight excluding hydrogens is 344 g/mol. The largest absolute Gasteiger partial charge is 0.378 e. The number of morpholine rings is 1. The second-order valence-corrected chi connectivity index (χ2v) is 6.28. The Kier molecular flexibility index (Phi) is 6.27. The molecule has 1 aliphatic rings. The lowest BCUT2D eigenvalue weighted by molar-refractivity contribution is -0.115. The maximum atomic E-state index is 12.3. The summed E-state index contributed by atoms with van der Waals surface area (Å²) in [6.45, 7) is 4.67. The number of ether oxygens (including phenoxy) is 1. The molecule has 7 heteroatoms. The van der Waals surface area contributed by atoms with Crippen LogP contribution in [0.5, 0.6) is 0 Å². The van der Waals surface area contributed by atoms with Crippen LogP contribution in [-0.4, -0.2) is 44.7 Å². The Bertz CT molecular complexity index is 803. The summed E-state index contributed by atoms with van der Waals surface area (Å²) >= 11 is 0. The Balaban J connectivity index is 1.59. The first kappa shape index (κ1) is 18.7. The van der Waals surface area contributed by atoms with Gasteiger partial charge in [0.25, 0.3) is 0 Å². The van der Waals surface area contributed by atoms with Crippen molar-refractivity contribution in [1.29, 1.82) is 0 Å². The fourth-order valence-corrected chi connectivity index (χ4v) is 2.96. The number of anilines is 4. The van der Waals surface area contributed by atoms with E-state index >= 15 is 0 Å². The lowest BCUT2D eigenvalue weighted by Crippen LogP contribution is -2.36. The van der Waals surface area contributed by atoms with E-state index in [4.69, 9.17) is 4.74 Å². The van der Waals surface area contributed by atoms with Gasteiger partial charge in [-0.25, -0.2) is 0 Å². The van der Waals surface area contributed by atoms with Crippen molar-refractivity contribution in [3.63, 3.8) is 0 Å². The predicted octanol–water partition coefficient (Wildman–Crippen LogP) is 2.53. The number of rotatable bonds is 6. The van der Waals surface area contributed by atoms with E-state index in [1.54, 1.807) is 24.3 Å². The van der Waals surface area contributed by atoms with E-state index < -0.39 is 0 Å². The molecular formula is C20H24N4O3. The molecule has 1 heterocycles. The Morgan fingerprint density at radius 2 is 1.70 bits per heavy atom. The Hall–Kier alpha value is -3.06. The van der Waals surface area contributed by atoms with Gasteiger partial charge in [-0.3, -0.25) is 9.59 Å². The maximum Gasteiger partial charge on any atom is 0.243 e. The molecule has 1 fully saturated rings. The highest BCUT2D eigenvalue weighted by Crippen LogP contribution is 2.26. The lowest BCUT2D eigenvalue weighted by Gasteiger charge is -2.30. The molecule has 0 spiro atoms. The fraction of sp³-hybridized carbons (Fsp3) is 0.300. The number of benzene rings is 2. The first-order valence-corrected chi connectivity index (χ1v) is 8.95. The summed E-state index contributed by atoms with van der Waals surface area (Å²) in [4.78, 5) is 25.7. The van der Waals surface area contributed by atoms with E-state index in [-0.39, 0.29) is 18.4 Å². The van der Waals surface area contributed by atoms with Crippen LogP contribution >= 0.6 is 0 Å². The van der Waals surface area contributed by atoms with Crippen LogP contribution in [0.15, 0.2) is 48.5 Å². The van der Waals surface area contributed by atoms with Gasteiger partial charge < -0.3 is 25.6 Å². The van der Waals surface area contributed by atoms with Crippen molar-refractivity contribution in [2.24, 2.45) is 0 Å². The first-order valence-electron chi connectivity index (χ1n) is 8.95. The highest BCUT2D eigenvalue weighted by atomic mass is 16.5. The number of hydrogen-bond donors (Lipinski definition) is 3. The zero-order valence-electron chi connectivity index (χ0n) is 15.3. The van der Waals surface area contributed by atoms with Crippen molar-refractivity contribution in [2.75, 3.05) is 53.7 Å². The molecule has 2 aromatic rings. The number of para-hydroxylation sites is 2. The van der Waals surface area contributed by atoms with Gasteiger partial charge in [-0.2, -0.15) is 0 Å². The molecule has 2 aromatic carbocycles. The minimum Gasteiger partial charge on any atom is -0.378 e. The lowest BCUT2D eigenvalue weighted by atomic mass is 10.2. The van der Waals surface area contributed by atoms with Gasteiger partial charge in [-0.05, 0) is 30.3 Å². The smallest absolute Gasteiger partial charge is 0.243 e. The van der Waals surface area contributed by atoms with Crippen LogP contribution in [0.4, 0.5) is 22.7 Å². The predicted molar refractivity (Wildman–Crippen MR) is 107 cm³/mol. The molecule has 0 saturated carbocycles. The van der Waals surface area contributed by atoms with Gasteiger partial charge in [0.15, 0.2) is 0 Å². The van der Waals surface area contributed by atoms with Crippen molar-refractivity contribution in [2.45, 2.75) is 6.92 Å². The molecule has 0 aliphatic carbocycles. The second kappa shape index (κ2) is 9.05. The van der Waals surface area contributed by atoms with Gasteiger partial charge in [0.05, 0.1) is 31.1 Å². The average molecular weight is 368 g/mol. The van der Waals surface area contributed by atoms with E-state index in [2.05, 4.69) is 20.9 Å². The molecule has 1 aliphatic heterocycles. The summed E-state index contributed by atoms with van der Waals surface area (Å²) in [6, 6.07) is 15.0. The van der Waals surface area contributed by atoms with Gasteiger partial charge in [0.1, 0.15) is 0 Å². The topological polar surface area (TPSA) is 82.7 Å². The second-order valence-electron chi connectivity index (χ2n) is 6.28. The quantitative estimate of drug-likeness (QED) is 0.730. The van der Waals surface area contributed by atoms with Crippen molar-refractivity contribution >= 4 is 34.6 Å². The summed E-state index contributed by atoms with van der Waals surface area (Å²) in [5.41, 5.74) is 3.27. The van der Waals surface area contributed by atoms with Gasteiger partial charge in [-0.15, -0.1) is 0 Å². The van der Waals surface area contributed by atoms with Crippen LogP contribution in [0.25, 0.3) is 0 Å². The highest BCUT2D eigenvalue weighted by Gasteiger charge is 2.14. The third kappa shape index (κ3) is 5.46. The van der Waals surface area contributed by atoms with E-state index in [0.717, 1.165) is 24.5 Å². The monoisotopic (exact) mass is 368 g/mol. The van der Waals surface area contributed by atoms with E-state index in [0.29, 0.717) is 24.6 Å². The van der Waals surface area contributed by atoms with Crippen molar-refractivity contribution in [1.82, 2.24) is 0 Å². The third-order valence-electron chi connectivity index (χ3n) is 4.16.